The number of halogens is 1. The van der Waals surface area contributed by atoms with Crippen LogP contribution in [0.1, 0.15) is 18.1 Å². The number of amides is 1. The van der Waals surface area contributed by atoms with Gasteiger partial charge in [-0.15, -0.1) is 0 Å². The maximum atomic E-state index is 12.9. The standard InChI is InChI=1S/C17H19FN2O3S/c1-11-4-5-12(2)16(10-11)24(22,23)20-13(3)17(21)19-15-8-6-14(18)7-9-15/h4-10,13,20H,1-3H3,(H,19,21)/t13-/m1/s1. The third-order valence-corrected chi connectivity index (χ3v) is 5.15. The number of rotatable bonds is 5. The summed E-state index contributed by atoms with van der Waals surface area (Å²) >= 11 is 0. The maximum absolute atomic E-state index is 12.9. The zero-order valence-electron chi connectivity index (χ0n) is 13.6. The van der Waals surface area contributed by atoms with Crippen LogP contribution in [0, 0.1) is 19.7 Å². The number of aryl methyl sites for hydroxylation is 2. The summed E-state index contributed by atoms with van der Waals surface area (Å²) in [6, 6.07) is 9.33. The average molecular weight is 350 g/mol. The molecule has 0 aliphatic rings. The zero-order valence-corrected chi connectivity index (χ0v) is 14.4. The molecule has 2 aromatic carbocycles. The molecule has 1 amide bonds. The first kappa shape index (κ1) is 18.1. The van der Waals surface area contributed by atoms with Crippen LogP contribution in [0.5, 0.6) is 0 Å². The van der Waals surface area contributed by atoms with Gasteiger partial charge in [-0.2, -0.15) is 4.72 Å². The average Bonchev–Trinajstić information content (AvgIpc) is 2.51. The molecule has 0 saturated carbocycles. The van der Waals surface area contributed by atoms with Gasteiger partial charge >= 0.3 is 0 Å². The van der Waals surface area contributed by atoms with Gasteiger partial charge in [-0.3, -0.25) is 4.79 Å². The van der Waals surface area contributed by atoms with Crippen LogP contribution in [-0.2, 0) is 14.8 Å². The second-order valence-electron chi connectivity index (χ2n) is 5.61. The molecule has 0 heterocycles. The van der Waals surface area contributed by atoms with E-state index in [1.165, 1.54) is 31.2 Å². The lowest BCUT2D eigenvalue weighted by Gasteiger charge is -2.16. The van der Waals surface area contributed by atoms with Crippen LogP contribution < -0.4 is 10.0 Å². The third kappa shape index (κ3) is 4.39. The molecule has 0 radical (unpaired) electrons. The minimum absolute atomic E-state index is 0.143. The molecule has 0 aliphatic carbocycles. The van der Waals surface area contributed by atoms with Gasteiger partial charge in [0.1, 0.15) is 5.82 Å². The van der Waals surface area contributed by atoms with Crippen molar-refractivity contribution in [3.63, 3.8) is 0 Å². The van der Waals surface area contributed by atoms with Crippen molar-refractivity contribution in [1.82, 2.24) is 4.72 Å². The minimum atomic E-state index is -3.83. The number of sulfonamides is 1. The van der Waals surface area contributed by atoms with E-state index in [-0.39, 0.29) is 4.90 Å². The molecule has 2 rings (SSSR count). The van der Waals surface area contributed by atoms with Crippen molar-refractivity contribution in [2.45, 2.75) is 31.7 Å². The molecule has 0 unspecified atom stereocenters. The molecule has 5 nitrogen and oxygen atoms in total. The molecule has 2 aromatic rings. The fourth-order valence-electron chi connectivity index (χ4n) is 2.13. The van der Waals surface area contributed by atoms with Crippen molar-refractivity contribution in [3.05, 3.63) is 59.4 Å². The van der Waals surface area contributed by atoms with E-state index in [1.807, 2.05) is 6.07 Å². The number of nitrogens with one attached hydrogen (secondary N) is 2. The molecule has 0 fully saturated rings. The van der Waals surface area contributed by atoms with Gasteiger partial charge in [-0.05, 0) is 62.2 Å². The topological polar surface area (TPSA) is 75.3 Å². The Morgan fingerprint density at radius 2 is 1.71 bits per heavy atom. The van der Waals surface area contributed by atoms with Gasteiger partial charge in [0.2, 0.25) is 15.9 Å². The van der Waals surface area contributed by atoms with E-state index in [1.54, 1.807) is 26.0 Å². The highest BCUT2D eigenvalue weighted by atomic mass is 32.2. The summed E-state index contributed by atoms with van der Waals surface area (Å²) in [7, 11) is -3.83. The van der Waals surface area contributed by atoms with Gasteiger partial charge in [0.25, 0.3) is 0 Å². The summed E-state index contributed by atoms with van der Waals surface area (Å²) in [5.74, 6) is -0.952. The minimum Gasteiger partial charge on any atom is -0.325 e. The number of hydrogen-bond acceptors (Lipinski definition) is 3. The Labute approximate surface area is 141 Å². The molecule has 7 heteroatoms. The Morgan fingerprint density at radius 1 is 1.08 bits per heavy atom. The lowest BCUT2D eigenvalue weighted by Crippen LogP contribution is -2.41. The molecule has 0 bridgehead atoms. The van der Waals surface area contributed by atoms with E-state index in [9.17, 15) is 17.6 Å². The van der Waals surface area contributed by atoms with E-state index in [2.05, 4.69) is 10.0 Å². The molecule has 128 valence electrons. The Bertz CT molecular complexity index is 849. The lowest BCUT2D eigenvalue weighted by atomic mass is 10.2. The van der Waals surface area contributed by atoms with Crippen LogP contribution in [0.4, 0.5) is 10.1 Å². The van der Waals surface area contributed by atoms with E-state index in [0.717, 1.165) is 5.56 Å². The predicted molar refractivity (Wildman–Crippen MR) is 90.7 cm³/mol. The van der Waals surface area contributed by atoms with Crippen LogP contribution >= 0.6 is 0 Å². The highest BCUT2D eigenvalue weighted by molar-refractivity contribution is 7.89. The van der Waals surface area contributed by atoms with Crippen molar-refractivity contribution in [2.24, 2.45) is 0 Å². The largest absolute Gasteiger partial charge is 0.325 e. The molecular formula is C17H19FN2O3S. The number of benzene rings is 2. The van der Waals surface area contributed by atoms with Crippen molar-refractivity contribution >= 4 is 21.6 Å². The fourth-order valence-corrected chi connectivity index (χ4v) is 3.66. The predicted octanol–water partition coefficient (Wildman–Crippen LogP) is 2.75. The third-order valence-electron chi connectivity index (χ3n) is 3.47. The summed E-state index contributed by atoms with van der Waals surface area (Å²) in [5, 5.41) is 2.54. The quantitative estimate of drug-likeness (QED) is 0.871. The van der Waals surface area contributed by atoms with Gasteiger partial charge < -0.3 is 5.32 Å². The zero-order chi connectivity index (χ0) is 17.9. The van der Waals surface area contributed by atoms with Crippen LogP contribution in [0.25, 0.3) is 0 Å². The van der Waals surface area contributed by atoms with Gasteiger partial charge in [-0.1, -0.05) is 12.1 Å². The van der Waals surface area contributed by atoms with Crippen LogP contribution in [-0.4, -0.2) is 20.4 Å². The number of carbonyl (C=O) groups is 1. The molecule has 0 spiro atoms. The first-order valence-corrected chi connectivity index (χ1v) is 8.83. The summed E-state index contributed by atoms with van der Waals surface area (Å²) in [4.78, 5) is 12.3. The van der Waals surface area contributed by atoms with Crippen LogP contribution in [0.15, 0.2) is 47.4 Å². The maximum Gasteiger partial charge on any atom is 0.242 e. The lowest BCUT2D eigenvalue weighted by molar-refractivity contribution is -0.117. The Kier molecular flexibility index (Phi) is 5.36. The van der Waals surface area contributed by atoms with Crippen molar-refractivity contribution in [2.75, 3.05) is 5.32 Å². The first-order valence-electron chi connectivity index (χ1n) is 7.35. The van der Waals surface area contributed by atoms with Crippen molar-refractivity contribution < 1.29 is 17.6 Å². The van der Waals surface area contributed by atoms with E-state index >= 15 is 0 Å². The van der Waals surface area contributed by atoms with Crippen LogP contribution in [0.2, 0.25) is 0 Å². The van der Waals surface area contributed by atoms with Crippen molar-refractivity contribution in [1.29, 1.82) is 0 Å². The summed E-state index contributed by atoms with van der Waals surface area (Å²) < 4.78 is 40.2. The Hall–Kier alpha value is -2.25. The summed E-state index contributed by atoms with van der Waals surface area (Å²) in [5.41, 5.74) is 1.79. The van der Waals surface area contributed by atoms with Gasteiger partial charge in [0, 0.05) is 5.69 Å². The molecule has 24 heavy (non-hydrogen) atoms. The highest BCUT2D eigenvalue weighted by Crippen LogP contribution is 2.17. The summed E-state index contributed by atoms with van der Waals surface area (Å²) in [6.07, 6.45) is 0. The number of anilines is 1. The fraction of sp³-hybridized carbons (Fsp3) is 0.235. The number of carbonyl (C=O) groups excluding carboxylic acids is 1. The van der Waals surface area contributed by atoms with E-state index in [4.69, 9.17) is 0 Å². The van der Waals surface area contributed by atoms with E-state index < -0.39 is 27.8 Å². The van der Waals surface area contributed by atoms with Gasteiger partial charge in [-0.25, -0.2) is 12.8 Å². The molecule has 2 N–H and O–H groups in total. The number of hydrogen-bond donors (Lipinski definition) is 2. The first-order chi connectivity index (χ1) is 11.2. The molecule has 0 aromatic heterocycles. The van der Waals surface area contributed by atoms with Crippen molar-refractivity contribution in [3.8, 4) is 0 Å². The Morgan fingerprint density at radius 3 is 2.33 bits per heavy atom. The second kappa shape index (κ2) is 7.11. The Balaban J connectivity index is 2.12. The smallest absolute Gasteiger partial charge is 0.242 e. The second-order valence-corrected chi connectivity index (χ2v) is 7.29. The monoisotopic (exact) mass is 350 g/mol. The molecular weight excluding hydrogens is 331 g/mol. The molecule has 1 atom stereocenters. The molecule has 0 saturated heterocycles. The highest BCUT2D eigenvalue weighted by Gasteiger charge is 2.23. The summed E-state index contributed by atoms with van der Waals surface area (Å²) in [6.45, 7) is 4.93. The SMILES string of the molecule is Cc1ccc(C)c(S(=O)(=O)N[C@H](C)C(=O)Nc2ccc(F)cc2)c1. The molecule has 0 aliphatic heterocycles. The normalized spacial score (nSPS) is 12.7. The van der Waals surface area contributed by atoms with E-state index in [0.29, 0.717) is 11.3 Å². The van der Waals surface area contributed by atoms with Gasteiger partial charge in [0.15, 0.2) is 0 Å². The van der Waals surface area contributed by atoms with Crippen LogP contribution in [0.3, 0.4) is 0 Å². The van der Waals surface area contributed by atoms with Gasteiger partial charge in [0.05, 0.1) is 10.9 Å².